The molecule has 1 aliphatic rings. The van der Waals surface area contributed by atoms with E-state index in [9.17, 15) is 0 Å². The zero-order valence-corrected chi connectivity index (χ0v) is 10.7. The summed E-state index contributed by atoms with van der Waals surface area (Å²) in [7, 11) is 1.65. The molecule has 0 bridgehead atoms. The minimum atomic E-state index is 0.465. The molecule has 1 aromatic rings. The van der Waals surface area contributed by atoms with E-state index in [-0.39, 0.29) is 0 Å². The Morgan fingerprint density at radius 1 is 1.47 bits per heavy atom. The van der Waals surface area contributed by atoms with Crippen LogP contribution in [-0.2, 0) is 11.3 Å². The monoisotopic (exact) mass is 255 g/mol. The zero-order valence-electron chi connectivity index (χ0n) is 9.85. The fraction of sp³-hybridized carbons (Fsp3) is 0.600. The van der Waals surface area contributed by atoms with Crippen LogP contribution < -0.4 is 16.2 Å². The summed E-state index contributed by atoms with van der Waals surface area (Å²) >= 11 is 1.96. The molecule has 0 aliphatic carbocycles. The molecule has 3 N–H and O–H groups in total. The minimum absolute atomic E-state index is 0.465. The van der Waals surface area contributed by atoms with E-state index in [1.54, 1.807) is 13.2 Å². The Bertz CT molecular complexity index is 370. The fourth-order valence-electron chi connectivity index (χ4n) is 1.68. The van der Waals surface area contributed by atoms with Crippen molar-refractivity contribution in [2.45, 2.75) is 6.61 Å². The summed E-state index contributed by atoms with van der Waals surface area (Å²) in [5, 5.41) is 0. The number of hydrogen-bond acceptors (Lipinski definition) is 7. The molecule has 0 aromatic carbocycles. The van der Waals surface area contributed by atoms with E-state index >= 15 is 0 Å². The smallest absolute Gasteiger partial charge is 0.227 e. The largest absolute Gasteiger partial charge is 0.378 e. The summed E-state index contributed by atoms with van der Waals surface area (Å²) in [5.41, 5.74) is 3.40. The van der Waals surface area contributed by atoms with Crippen molar-refractivity contribution in [1.29, 1.82) is 0 Å². The van der Waals surface area contributed by atoms with E-state index in [4.69, 9.17) is 10.6 Å². The van der Waals surface area contributed by atoms with Crippen molar-refractivity contribution in [3.63, 3.8) is 0 Å². The zero-order chi connectivity index (χ0) is 12.1. The lowest BCUT2D eigenvalue weighted by Crippen LogP contribution is -2.34. The van der Waals surface area contributed by atoms with Crippen LogP contribution in [0.15, 0.2) is 6.07 Å². The molecular formula is C10H17N5OS. The van der Waals surface area contributed by atoms with Gasteiger partial charge >= 0.3 is 0 Å². The van der Waals surface area contributed by atoms with Crippen molar-refractivity contribution in [3.05, 3.63) is 11.8 Å². The van der Waals surface area contributed by atoms with Crippen LogP contribution in [0, 0.1) is 0 Å². The molecule has 1 aromatic heterocycles. The number of nitrogens with one attached hydrogen (secondary N) is 1. The van der Waals surface area contributed by atoms with Gasteiger partial charge in [-0.15, -0.1) is 0 Å². The van der Waals surface area contributed by atoms with Gasteiger partial charge in [0.1, 0.15) is 5.82 Å². The van der Waals surface area contributed by atoms with Gasteiger partial charge in [0.2, 0.25) is 5.95 Å². The first-order chi connectivity index (χ1) is 8.33. The number of thioether (sulfide) groups is 1. The topological polar surface area (TPSA) is 76.3 Å². The molecule has 0 atom stereocenters. The van der Waals surface area contributed by atoms with Crippen molar-refractivity contribution >= 4 is 23.5 Å². The van der Waals surface area contributed by atoms with Gasteiger partial charge in [0.15, 0.2) is 0 Å². The highest BCUT2D eigenvalue weighted by molar-refractivity contribution is 7.99. The Balaban J connectivity index is 2.21. The molecule has 7 heteroatoms. The lowest BCUT2D eigenvalue weighted by atomic mass is 10.4. The van der Waals surface area contributed by atoms with E-state index in [2.05, 4.69) is 20.3 Å². The molecule has 0 unspecified atom stereocenters. The number of hydrogen-bond donors (Lipinski definition) is 2. The summed E-state index contributed by atoms with van der Waals surface area (Å²) in [6.45, 7) is 2.42. The van der Waals surface area contributed by atoms with Crippen LogP contribution in [0.2, 0.25) is 0 Å². The van der Waals surface area contributed by atoms with Crippen LogP contribution in [0.5, 0.6) is 0 Å². The Morgan fingerprint density at radius 3 is 2.88 bits per heavy atom. The average molecular weight is 255 g/mol. The summed E-state index contributed by atoms with van der Waals surface area (Å²) in [4.78, 5) is 11.0. The van der Waals surface area contributed by atoms with Gasteiger partial charge in [0.05, 0.1) is 12.3 Å². The highest BCUT2D eigenvalue weighted by Gasteiger charge is 2.15. The normalized spacial score (nSPS) is 16.0. The quantitative estimate of drug-likeness (QED) is 0.598. The number of rotatable bonds is 4. The maximum atomic E-state index is 5.41. The molecular weight excluding hydrogens is 238 g/mol. The van der Waals surface area contributed by atoms with Crippen LogP contribution in [0.1, 0.15) is 5.69 Å². The summed E-state index contributed by atoms with van der Waals surface area (Å²) in [6.07, 6.45) is 0. The second-order valence-corrected chi connectivity index (χ2v) is 4.95. The third kappa shape index (κ3) is 3.21. The van der Waals surface area contributed by atoms with E-state index in [0.717, 1.165) is 36.2 Å². The van der Waals surface area contributed by atoms with Gasteiger partial charge in [-0.1, -0.05) is 0 Å². The number of anilines is 2. The first kappa shape index (κ1) is 12.4. The van der Waals surface area contributed by atoms with Gasteiger partial charge in [-0.3, -0.25) is 0 Å². The predicted octanol–water partition coefficient (Wildman–Crippen LogP) is 0.462. The third-order valence-corrected chi connectivity index (χ3v) is 3.44. The Kier molecular flexibility index (Phi) is 4.41. The molecule has 1 aliphatic heterocycles. The Labute approximate surface area is 105 Å². The molecule has 2 heterocycles. The van der Waals surface area contributed by atoms with Crippen LogP contribution in [-0.4, -0.2) is 41.7 Å². The lowest BCUT2D eigenvalue weighted by Gasteiger charge is -2.26. The van der Waals surface area contributed by atoms with Crippen molar-refractivity contribution in [2.24, 2.45) is 5.84 Å². The van der Waals surface area contributed by atoms with E-state index in [1.165, 1.54) is 0 Å². The number of hydrazine groups is 1. The standard InChI is InChI=1S/C10H17N5OS/c1-16-7-8-6-9(14-11)13-10(12-8)15-2-4-17-5-3-15/h6H,2-5,7,11H2,1H3,(H,12,13,14). The van der Waals surface area contributed by atoms with Gasteiger partial charge in [0, 0.05) is 37.8 Å². The number of nitrogens with two attached hydrogens (primary N) is 1. The molecule has 6 nitrogen and oxygen atoms in total. The fourth-order valence-corrected chi connectivity index (χ4v) is 2.59. The molecule has 0 saturated carbocycles. The van der Waals surface area contributed by atoms with Crippen molar-refractivity contribution in [2.75, 3.05) is 42.0 Å². The second-order valence-electron chi connectivity index (χ2n) is 3.72. The SMILES string of the molecule is COCc1cc(NN)nc(N2CCSCC2)n1. The summed E-state index contributed by atoms with van der Waals surface area (Å²) < 4.78 is 5.09. The number of aromatic nitrogens is 2. The van der Waals surface area contributed by atoms with Crippen molar-refractivity contribution in [1.82, 2.24) is 9.97 Å². The van der Waals surface area contributed by atoms with Gasteiger partial charge < -0.3 is 15.1 Å². The molecule has 0 radical (unpaired) electrons. The number of ether oxygens (including phenoxy) is 1. The van der Waals surface area contributed by atoms with Gasteiger partial charge in [-0.05, 0) is 0 Å². The molecule has 1 fully saturated rings. The maximum Gasteiger partial charge on any atom is 0.227 e. The minimum Gasteiger partial charge on any atom is -0.378 e. The first-order valence-corrected chi connectivity index (χ1v) is 6.65. The number of methoxy groups -OCH3 is 1. The number of nitrogens with zero attached hydrogens (tertiary/aromatic N) is 3. The summed E-state index contributed by atoms with van der Waals surface area (Å²) in [5.74, 6) is 8.99. The molecule has 94 valence electrons. The molecule has 0 amide bonds. The molecule has 0 spiro atoms. The number of nitrogen functional groups attached to an aromatic ring is 1. The van der Waals surface area contributed by atoms with E-state index in [1.807, 2.05) is 11.8 Å². The maximum absolute atomic E-state index is 5.41. The van der Waals surface area contributed by atoms with Crippen LogP contribution in [0.4, 0.5) is 11.8 Å². The van der Waals surface area contributed by atoms with Crippen LogP contribution in [0.25, 0.3) is 0 Å². The molecule has 1 saturated heterocycles. The first-order valence-electron chi connectivity index (χ1n) is 5.49. The van der Waals surface area contributed by atoms with Crippen LogP contribution in [0.3, 0.4) is 0 Å². The Hall–Kier alpha value is -1.05. The Morgan fingerprint density at radius 2 is 2.24 bits per heavy atom. The van der Waals surface area contributed by atoms with Gasteiger partial charge in [-0.25, -0.2) is 10.8 Å². The third-order valence-electron chi connectivity index (χ3n) is 2.50. The molecule has 2 rings (SSSR count). The predicted molar refractivity (Wildman–Crippen MR) is 70.1 cm³/mol. The highest BCUT2D eigenvalue weighted by atomic mass is 32.2. The average Bonchev–Trinajstić information content (AvgIpc) is 2.40. The van der Waals surface area contributed by atoms with Crippen LogP contribution >= 0.6 is 11.8 Å². The second kappa shape index (κ2) is 6.04. The van der Waals surface area contributed by atoms with Crippen molar-refractivity contribution < 1.29 is 4.74 Å². The van der Waals surface area contributed by atoms with E-state index in [0.29, 0.717) is 12.4 Å². The van der Waals surface area contributed by atoms with Gasteiger partial charge in [-0.2, -0.15) is 16.7 Å². The molecule has 17 heavy (non-hydrogen) atoms. The van der Waals surface area contributed by atoms with E-state index < -0.39 is 0 Å². The highest BCUT2D eigenvalue weighted by Crippen LogP contribution is 2.18. The lowest BCUT2D eigenvalue weighted by molar-refractivity contribution is 0.181. The summed E-state index contributed by atoms with van der Waals surface area (Å²) in [6, 6.07) is 1.80. The van der Waals surface area contributed by atoms with Crippen molar-refractivity contribution in [3.8, 4) is 0 Å². The van der Waals surface area contributed by atoms with Gasteiger partial charge in [0.25, 0.3) is 0 Å².